The fourth-order valence-corrected chi connectivity index (χ4v) is 6.71. The minimum absolute atomic E-state index is 0.114. The van der Waals surface area contributed by atoms with Crippen LogP contribution in [0.1, 0.15) is 12.5 Å². The van der Waals surface area contributed by atoms with Crippen molar-refractivity contribution in [3.05, 3.63) is 29.3 Å². The number of phosphoric ester groups is 1. The highest BCUT2D eigenvalue weighted by molar-refractivity contribution is 7.47. The van der Waals surface area contributed by atoms with Crippen LogP contribution in [-0.2, 0) is 32.2 Å². The van der Waals surface area contributed by atoms with Crippen molar-refractivity contribution in [2.75, 3.05) is 31.3 Å². The maximum atomic E-state index is 13.2. The summed E-state index contributed by atoms with van der Waals surface area (Å²) in [4.78, 5) is 55.0. The summed E-state index contributed by atoms with van der Waals surface area (Å²) in [5.74, 6) is 0.0975. The van der Waals surface area contributed by atoms with E-state index in [1.54, 1.807) is 7.05 Å². The lowest BCUT2D eigenvalue weighted by molar-refractivity contribution is -0.0609. The topological polar surface area (TPSA) is 327 Å². The van der Waals surface area contributed by atoms with Gasteiger partial charge in [0.25, 0.3) is 5.56 Å². The molecule has 2 fully saturated rings. The smallest absolute Gasteiger partial charge is 0.394 e. The number of aromatic amines is 1. The van der Waals surface area contributed by atoms with Gasteiger partial charge in [0.1, 0.15) is 48.5 Å². The molecule has 0 radical (unpaired) electrons. The second kappa shape index (κ2) is 12.6. The first-order chi connectivity index (χ1) is 21.9. The number of anilines is 2. The van der Waals surface area contributed by atoms with E-state index in [0.29, 0.717) is 11.3 Å². The number of nitrogens with two attached hydrogens (primary N) is 1. The summed E-state index contributed by atoms with van der Waals surface area (Å²) in [5, 5.41) is 34.3. The van der Waals surface area contributed by atoms with E-state index in [2.05, 4.69) is 35.2 Å². The van der Waals surface area contributed by atoms with Crippen LogP contribution < -0.4 is 16.6 Å². The minimum atomic E-state index is -5.16. The molecule has 0 amide bonds. The van der Waals surface area contributed by atoms with Gasteiger partial charge in [-0.15, -0.1) is 0 Å². The highest BCUT2D eigenvalue weighted by atomic mass is 31.2. The molecule has 25 heteroatoms. The number of rotatable bonds is 11. The maximum absolute atomic E-state index is 13.2. The zero-order valence-electron chi connectivity index (χ0n) is 23.4. The Bertz CT molecular complexity index is 1870. The molecule has 0 aromatic carbocycles. The quantitative estimate of drug-likeness (QED) is 0.0746. The van der Waals surface area contributed by atoms with Crippen LogP contribution in [0, 0.1) is 0 Å². The number of fused-ring (bicyclic) bond motifs is 2. The molecular weight excluding hydrogens is 662 g/mol. The van der Waals surface area contributed by atoms with Crippen LogP contribution in [0.5, 0.6) is 0 Å². The summed E-state index contributed by atoms with van der Waals surface area (Å²) in [7, 11) is -7.21. The summed E-state index contributed by atoms with van der Waals surface area (Å²) < 4.78 is 54.1. The fraction of sp³-hybridized carbons (Fsp3) is 0.524. The number of H-pyrrole nitrogens is 1. The maximum Gasteiger partial charge on any atom is 0.472 e. The number of imidazole rings is 2. The summed E-state index contributed by atoms with van der Waals surface area (Å²) >= 11 is 0. The predicted octanol–water partition coefficient (Wildman–Crippen LogP) is -2.64. The van der Waals surface area contributed by atoms with E-state index >= 15 is 0 Å². The van der Waals surface area contributed by atoms with E-state index in [1.807, 2.05) is 0 Å². The van der Waals surface area contributed by atoms with Crippen molar-refractivity contribution in [2.45, 2.75) is 49.1 Å². The minimum Gasteiger partial charge on any atom is -0.394 e. The van der Waals surface area contributed by atoms with Crippen molar-refractivity contribution in [3.63, 3.8) is 0 Å². The molecule has 4 aromatic rings. The van der Waals surface area contributed by atoms with Gasteiger partial charge in [-0.2, -0.15) is 4.98 Å². The Hall–Kier alpha value is -3.44. The van der Waals surface area contributed by atoms with Crippen molar-refractivity contribution in [1.82, 2.24) is 39.0 Å². The van der Waals surface area contributed by atoms with Gasteiger partial charge >= 0.3 is 16.1 Å². The summed E-state index contributed by atoms with van der Waals surface area (Å²) in [6.45, 7) is -1.56. The largest absolute Gasteiger partial charge is 0.472 e. The zero-order chi connectivity index (χ0) is 32.9. The number of nitrogens with one attached hydrogen (secondary N) is 2. The number of nitrogens with zero attached hydrogens (tertiary/aromatic N) is 7. The molecular formula is C21H28N10O13P2. The van der Waals surface area contributed by atoms with Crippen molar-refractivity contribution < 1.29 is 57.3 Å². The first-order valence-corrected chi connectivity index (χ1v) is 16.1. The first-order valence-electron chi connectivity index (χ1n) is 13.3. The third-order valence-corrected chi connectivity index (χ3v) is 8.75. The Morgan fingerprint density at radius 2 is 1.76 bits per heavy atom. The molecule has 2 saturated heterocycles. The molecule has 2 unspecified atom stereocenters. The van der Waals surface area contributed by atoms with E-state index in [1.165, 1.54) is 17.2 Å². The Labute approximate surface area is 256 Å². The molecule has 23 nitrogen and oxygen atoms in total. The Morgan fingerprint density at radius 1 is 1.07 bits per heavy atom. The van der Waals surface area contributed by atoms with Crippen LogP contribution in [0.15, 0.2) is 23.8 Å². The number of nitrogen functional groups attached to an aromatic ring is 1. The first kappa shape index (κ1) is 32.5. The number of aliphatic hydroxyl groups excluding tert-OH is 3. The molecule has 0 bridgehead atoms. The van der Waals surface area contributed by atoms with E-state index in [0.717, 1.165) is 10.9 Å². The lowest BCUT2D eigenvalue weighted by atomic mass is 10.1. The normalized spacial score (nSPS) is 30.2. The standard InChI is InChI=1S/C21H28N10O13P2/c1-23-15-9-16(25-4-24-15)30(5-26-9)19-12(34)13(43-45(36)37)8(42-19)3-40-46(38,39)44-14-11(33)7(2-32)41-20(14)31-6-27-10-17(31)28-21(22)29-18(10)35/h4-8,11-14,19-20,32-34,45H,2-3H2,1H3,(H,36,37)(H,38,39)(H,23,24,25)(H3,22,28,29,35)/t7-,8-,11-,12-,13-,14-,19-,20-/m1/s1. The highest BCUT2D eigenvalue weighted by Gasteiger charge is 2.51. The molecule has 6 heterocycles. The number of ether oxygens (including phenoxy) is 2. The van der Waals surface area contributed by atoms with Crippen LogP contribution in [0.25, 0.3) is 22.3 Å². The van der Waals surface area contributed by atoms with Crippen LogP contribution >= 0.6 is 16.1 Å². The lowest BCUT2D eigenvalue weighted by Crippen LogP contribution is -2.36. The number of phosphoric acid groups is 1. The number of hydrogen-bond donors (Lipinski definition) is 8. The van der Waals surface area contributed by atoms with Gasteiger partial charge in [-0.3, -0.25) is 32.5 Å². The Kier molecular flexibility index (Phi) is 8.93. The van der Waals surface area contributed by atoms with Crippen LogP contribution in [0.4, 0.5) is 11.8 Å². The van der Waals surface area contributed by atoms with Crippen LogP contribution in [0.3, 0.4) is 0 Å². The van der Waals surface area contributed by atoms with Gasteiger partial charge in [0.2, 0.25) is 5.95 Å². The average molecular weight is 690 g/mol. The lowest BCUT2D eigenvalue weighted by Gasteiger charge is -2.25. The molecule has 6 rings (SSSR count). The van der Waals surface area contributed by atoms with Crippen molar-refractivity contribution in [2.24, 2.45) is 0 Å². The van der Waals surface area contributed by atoms with E-state index in [-0.39, 0.29) is 22.8 Å². The van der Waals surface area contributed by atoms with E-state index in [4.69, 9.17) is 28.8 Å². The van der Waals surface area contributed by atoms with Crippen molar-refractivity contribution in [3.8, 4) is 0 Å². The Morgan fingerprint density at radius 3 is 2.46 bits per heavy atom. The molecule has 250 valence electrons. The zero-order valence-corrected chi connectivity index (χ0v) is 25.3. The third-order valence-electron chi connectivity index (χ3n) is 7.29. The van der Waals surface area contributed by atoms with Crippen molar-refractivity contribution >= 4 is 50.2 Å². The molecule has 2 aliphatic heterocycles. The number of aliphatic hydroxyl groups is 3. The van der Waals surface area contributed by atoms with Gasteiger partial charge in [0.05, 0.1) is 25.9 Å². The van der Waals surface area contributed by atoms with E-state index < -0.39 is 83.9 Å². The predicted molar refractivity (Wildman–Crippen MR) is 151 cm³/mol. The van der Waals surface area contributed by atoms with Crippen LogP contribution in [0.2, 0.25) is 0 Å². The molecule has 0 spiro atoms. The molecule has 2 aliphatic rings. The Balaban J connectivity index is 1.22. The second-order valence-electron chi connectivity index (χ2n) is 10.0. The molecule has 9 N–H and O–H groups in total. The van der Waals surface area contributed by atoms with Gasteiger partial charge in [-0.1, -0.05) is 0 Å². The molecule has 4 aromatic heterocycles. The van der Waals surface area contributed by atoms with Crippen molar-refractivity contribution in [1.29, 1.82) is 0 Å². The number of aromatic nitrogens is 8. The second-order valence-corrected chi connectivity index (χ2v) is 12.2. The van der Waals surface area contributed by atoms with Crippen LogP contribution in [-0.4, -0.2) is 121 Å². The van der Waals surface area contributed by atoms with Gasteiger partial charge in [-0.05, 0) is 0 Å². The molecule has 0 saturated carbocycles. The molecule has 46 heavy (non-hydrogen) atoms. The van der Waals surface area contributed by atoms with Gasteiger partial charge < -0.3 is 50.2 Å². The average Bonchev–Trinajstić information content (AvgIpc) is 3.77. The molecule has 0 aliphatic carbocycles. The summed E-state index contributed by atoms with van der Waals surface area (Å²) in [6.07, 6.45) is -8.42. The van der Waals surface area contributed by atoms with Gasteiger partial charge in [-0.25, -0.2) is 24.5 Å². The highest BCUT2D eigenvalue weighted by Crippen LogP contribution is 2.50. The molecule has 10 atom stereocenters. The third kappa shape index (κ3) is 5.92. The summed E-state index contributed by atoms with van der Waals surface area (Å²) in [5.41, 5.74) is 5.22. The summed E-state index contributed by atoms with van der Waals surface area (Å²) in [6, 6.07) is 0. The van der Waals surface area contributed by atoms with Gasteiger partial charge in [0, 0.05) is 7.05 Å². The van der Waals surface area contributed by atoms with E-state index in [9.17, 15) is 39.0 Å². The monoisotopic (exact) mass is 690 g/mol. The van der Waals surface area contributed by atoms with Gasteiger partial charge in [0.15, 0.2) is 35.1 Å². The number of hydrogen-bond acceptors (Lipinski definition) is 18. The fourth-order valence-electron chi connectivity index (χ4n) is 5.25. The SMILES string of the molecule is CNc1ncnc2c1ncn2[C@@H]1O[C@H](COP(=O)(O)O[C@@H]2[C@H](O)[C@@H](CO)O[C@H]2n2cnc3c(=O)[nH]c(N)nc32)[C@@H](O[PH](=O)O)[C@H]1O.